The molecule has 0 atom stereocenters. The highest BCUT2D eigenvalue weighted by Gasteiger charge is 2.19. The maximum Gasteiger partial charge on any atom is 0.295 e. The summed E-state index contributed by atoms with van der Waals surface area (Å²) in [5, 5.41) is 7.32. The summed E-state index contributed by atoms with van der Waals surface area (Å²) in [6.45, 7) is 2.51. The van der Waals surface area contributed by atoms with Crippen LogP contribution in [0.5, 0.6) is 5.75 Å². The number of carbonyl (C=O) groups excluding carboxylic acids is 1. The minimum absolute atomic E-state index is 0.0886. The van der Waals surface area contributed by atoms with E-state index in [0.29, 0.717) is 18.1 Å². The highest BCUT2D eigenvalue weighted by molar-refractivity contribution is 9.10. The molecule has 0 aliphatic heterocycles. The molecule has 0 aliphatic carbocycles. The lowest BCUT2D eigenvalue weighted by Crippen LogP contribution is -2.14. The van der Waals surface area contributed by atoms with Gasteiger partial charge in [-0.25, -0.2) is 9.67 Å². The van der Waals surface area contributed by atoms with Crippen molar-refractivity contribution in [2.24, 2.45) is 0 Å². The van der Waals surface area contributed by atoms with E-state index in [9.17, 15) is 4.79 Å². The van der Waals surface area contributed by atoms with Crippen LogP contribution in [0.4, 0.5) is 5.69 Å². The number of benzene rings is 3. The third kappa shape index (κ3) is 4.41. The first-order chi connectivity index (χ1) is 14.6. The lowest BCUT2D eigenvalue weighted by Gasteiger charge is -2.06. The molecule has 0 bridgehead atoms. The van der Waals surface area contributed by atoms with E-state index in [2.05, 4.69) is 31.3 Å². The summed E-state index contributed by atoms with van der Waals surface area (Å²) < 4.78 is 8.07. The van der Waals surface area contributed by atoms with Crippen molar-refractivity contribution < 1.29 is 9.53 Å². The van der Waals surface area contributed by atoms with Gasteiger partial charge in [-0.15, -0.1) is 5.10 Å². The Morgan fingerprint density at radius 3 is 2.37 bits per heavy atom. The molecular weight excluding hydrogens is 444 g/mol. The molecule has 4 rings (SSSR count). The maximum absolute atomic E-state index is 12.8. The highest BCUT2D eigenvalue weighted by Crippen LogP contribution is 2.23. The second-order valence-corrected chi connectivity index (χ2v) is 7.34. The van der Waals surface area contributed by atoms with Crippen molar-refractivity contribution in [3.05, 3.63) is 89.2 Å². The molecule has 0 spiro atoms. The van der Waals surface area contributed by atoms with Crippen molar-refractivity contribution in [3.63, 3.8) is 0 Å². The molecule has 0 fully saturated rings. The average molecular weight is 463 g/mol. The van der Waals surface area contributed by atoms with Gasteiger partial charge in [0.05, 0.1) is 12.3 Å². The molecule has 1 N–H and O–H groups in total. The minimum Gasteiger partial charge on any atom is -0.494 e. The average Bonchev–Trinajstić information content (AvgIpc) is 3.22. The van der Waals surface area contributed by atoms with Crippen molar-refractivity contribution in [2.75, 3.05) is 11.9 Å². The van der Waals surface area contributed by atoms with E-state index in [1.54, 1.807) is 16.8 Å². The van der Waals surface area contributed by atoms with Crippen LogP contribution in [0.3, 0.4) is 0 Å². The van der Waals surface area contributed by atoms with Gasteiger partial charge in [-0.1, -0.05) is 46.3 Å². The first-order valence-corrected chi connectivity index (χ1v) is 10.3. The zero-order valence-electron chi connectivity index (χ0n) is 16.2. The summed E-state index contributed by atoms with van der Waals surface area (Å²) in [5.41, 5.74) is 2.32. The van der Waals surface area contributed by atoms with Gasteiger partial charge in [-0.3, -0.25) is 4.79 Å². The molecule has 7 heteroatoms. The number of anilines is 1. The van der Waals surface area contributed by atoms with Gasteiger partial charge in [0, 0.05) is 15.7 Å². The van der Waals surface area contributed by atoms with Gasteiger partial charge >= 0.3 is 0 Å². The fourth-order valence-corrected chi connectivity index (χ4v) is 3.20. The molecule has 1 aromatic heterocycles. The minimum atomic E-state index is -0.382. The van der Waals surface area contributed by atoms with Crippen LogP contribution in [-0.4, -0.2) is 27.3 Å². The topological polar surface area (TPSA) is 69.0 Å². The van der Waals surface area contributed by atoms with Crippen LogP contribution in [0.15, 0.2) is 83.3 Å². The standard InChI is InChI=1S/C23H19BrN4O2/c1-2-30-20-14-10-18(11-15-20)25-23(29)21-26-22(16-6-4-3-5-7-16)28(27-21)19-12-8-17(24)9-13-19/h3-15H,2H2,1H3,(H,25,29). The molecule has 0 unspecified atom stereocenters. The van der Waals surface area contributed by atoms with Gasteiger partial charge in [0.2, 0.25) is 5.82 Å². The van der Waals surface area contributed by atoms with E-state index in [1.165, 1.54) is 0 Å². The highest BCUT2D eigenvalue weighted by atomic mass is 79.9. The number of ether oxygens (including phenoxy) is 1. The summed E-state index contributed by atoms with van der Waals surface area (Å²) in [5.74, 6) is 1.05. The molecule has 30 heavy (non-hydrogen) atoms. The number of rotatable bonds is 6. The Kier molecular flexibility index (Phi) is 5.90. The van der Waals surface area contributed by atoms with E-state index in [0.717, 1.165) is 21.5 Å². The number of halogens is 1. The Labute approximate surface area is 182 Å². The monoisotopic (exact) mass is 462 g/mol. The van der Waals surface area contributed by atoms with Crippen LogP contribution >= 0.6 is 15.9 Å². The zero-order chi connectivity index (χ0) is 20.9. The molecular formula is C23H19BrN4O2. The van der Waals surface area contributed by atoms with Crippen LogP contribution in [-0.2, 0) is 0 Å². The lowest BCUT2D eigenvalue weighted by molar-refractivity contribution is 0.101. The van der Waals surface area contributed by atoms with Crippen molar-refractivity contribution >= 4 is 27.5 Å². The second kappa shape index (κ2) is 8.92. The first kappa shape index (κ1) is 19.8. The fourth-order valence-electron chi connectivity index (χ4n) is 2.93. The molecule has 4 aromatic rings. The molecule has 0 saturated heterocycles. The van der Waals surface area contributed by atoms with Crippen LogP contribution in [0.25, 0.3) is 17.1 Å². The predicted octanol–water partition coefficient (Wildman–Crippen LogP) is 5.35. The predicted molar refractivity (Wildman–Crippen MR) is 120 cm³/mol. The maximum atomic E-state index is 12.8. The molecule has 1 amide bonds. The number of nitrogens with one attached hydrogen (secondary N) is 1. The number of aromatic nitrogens is 3. The van der Waals surface area contributed by atoms with Crippen LogP contribution < -0.4 is 10.1 Å². The zero-order valence-corrected chi connectivity index (χ0v) is 17.8. The number of hydrogen-bond acceptors (Lipinski definition) is 4. The van der Waals surface area contributed by atoms with Crippen molar-refractivity contribution in [3.8, 4) is 22.8 Å². The van der Waals surface area contributed by atoms with Crippen molar-refractivity contribution in [1.82, 2.24) is 14.8 Å². The third-order valence-electron chi connectivity index (χ3n) is 4.34. The van der Waals surface area contributed by atoms with E-state index in [-0.39, 0.29) is 11.7 Å². The lowest BCUT2D eigenvalue weighted by atomic mass is 10.2. The number of nitrogens with zero attached hydrogens (tertiary/aromatic N) is 3. The third-order valence-corrected chi connectivity index (χ3v) is 4.87. The molecule has 3 aromatic carbocycles. The van der Waals surface area contributed by atoms with Gasteiger partial charge in [0.25, 0.3) is 5.91 Å². The second-order valence-electron chi connectivity index (χ2n) is 6.42. The summed E-state index contributed by atoms with van der Waals surface area (Å²) in [6.07, 6.45) is 0. The quantitative estimate of drug-likeness (QED) is 0.419. The van der Waals surface area contributed by atoms with Crippen LogP contribution in [0.1, 0.15) is 17.5 Å². The van der Waals surface area contributed by atoms with Crippen LogP contribution in [0, 0.1) is 0 Å². The van der Waals surface area contributed by atoms with Gasteiger partial charge in [0.15, 0.2) is 5.82 Å². The van der Waals surface area contributed by atoms with E-state index >= 15 is 0 Å². The molecule has 1 heterocycles. The fraction of sp³-hybridized carbons (Fsp3) is 0.0870. The molecule has 6 nitrogen and oxygen atoms in total. The largest absolute Gasteiger partial charge is 0.494 e. The Morgan fingerprint density at radius 1 is 1.00 bits per heavy atom. The molecule has 150 valence electrons. The summed E-state index contributed by atoms with van der Waals surface area (Å²) >= 11 is 3.44. The number of hydrogen-bond donors (Lipinski definition) is 1. The summed E-state index contributed by atoms with van der Waals surface area (Å²) in [4.78, 5) is 17.3. The SMILES string of the molecule is CCOc1ccc(NC(=O)c2nc(-c3ccccc3)n(-c3ccc(Br)cc3)n2)cc1. The first-order valence-electron chi connectivity index (χ1n) is 9.46. The Bertz CT molecular complexity index is 1140. The molecule has 0 radical (unpaired) electrons. The van der Waals surface area contributed by atoms with E-state index in [1.807, 2.05) is 73.7 Å². The van der Waals surface area contributed by atoms with E-state index < -0.39 is 0 Å². The Balaban J connectivity index is 1.66. The molecule has 0 aliphatic rings. The van der Waals surface area contributed by atoms with E-state index in [4.69, 9.17) is 4.74 Å². The van der Waals surface area contributed by atoms with Crippen molar-refractivity contribution in [1.29, 1.82) is 0 Å². The van der Waals surface area contributed by atoms with Gasteiger partial charge in [-0.2, -0.15) is 0 Å². The summed E-state index contributed by atoms with van der Waals surface area (Å²) in [7, 11) is 0. The van der Waals surface area contributed by atoms with Gasteiger partial charge in [-0.05, 0) is 55.5 Å². The van der Waals surface area contributed by atoms with Crippen molar-refractivity contribution in [2.45, 2.75) is 6.92 Å². The van der Waals surface area contributed by atoms with Crippen LogP contribution in [0.2, 0.25) is 0 Å². The van der Waals surface area contributed by atoms with Gasteiger partial charge < -0.3 is 10.1 Å². The Hall–Kier alpha value is -3.45. The summed E-state index contributed by atoms with van der Waals surface area (Å²) in [6, 6.07) is 24.5. The molecule has 0 saturated carbocycles. The van der Waals surface area contributed by atoms with Gasteiger partial charge in [0.1, 0.15) is 5.75 Å². The number of carbonyl (C=O) groups is 1. The normalized spacial score (nSPS) is 10.6. The Morgan fingerprint density at radius 2 is 1.70 bits per heavy atom. The smallest absolute Gasteiger partial charge is 0.295 e. The number of amides is 1.